The molecule has 0 aromatic heterocycles. The second kappa shape index (κ2) is 6.04. The minimum atomic E-state index is -3.64. The first-order chi connectivity index (χ1) is 9.49. The van der Waals surface area contributed by atoms with Gasteiger partial charge in [-0.1, -0.05) is 24.3 Å². The van der Waals surface area contributed by atoms with Crippen LogP contribution in [0, 0.1) is 0 Å². The molecule has 0 spiro atoms. The highest BCUT2D eigenvalue weighted by Gasteiger charge is 2.06. The summed E-state index contributed by atoms with van der Waals surface area (Å²) < 4.78 is 22.3. The number of nitrogens with one attached hydrogen (secondary N) is 1. The van der Waals surface area contributed by atoms with E-state index in [0.29, 0.717) is 13.1 Å². The lowest BCUT2D eigenvalue weighted by molar-refractivity contribution is 0.598. The van der Waals surface area contributed by atoms with Crippen LogP contribution in [0.25, 0.3) is 0 Å². The Morgan fingerprint density at radius 3 is 2.25 bits per heavy atom. The SMILES string of the molecule is NCc1cccc(CNc2ccc(S(N)(=O)=O)cc2)c1. The van der Waals surface area contributed by atoms with E-state index in [4.69, 9.17) is 10.9 Å². The molecule has 0 bridgehead atoms. The lowest BCUT2D eigenvalue weighted by Gasteiger charge is -2.08. The molecule has 0 fully saturated rings. The minimum Gasteiger partial charge on any atom is -0.381 e. The molecule has 0 radical (unpaired) electrons. The summed E-state index contributed by atoms with van der Waals surface area (Å²) in [5.74, 6) is 0. The van der Waals surface area contributed by atoms with E-state index in [-0.39, 0.29) is 4.90 Å². The number of sulfonamides is 1. The van der Waals surface area contributed by atoms with Gasteiger partial charge < -0.3 is 11.1 Å². The molecule has 0 aliphatic rings. The zero-order valence-electron chi connectivity index (χ0n) is 10.9. The molecule has 5 N–H and O–H groups in total. The summed E-state index contributed by atoms with van der Waals surface area (Å²) in [6.45, 7) is 1.15. The van der Waals surface area contributed by atoms with Gasteiger partial charge in [-0.05, 0) is 35.4 Å². The number of anilines is 1. The number of primary sulfonamides is 1. The molecule has 0 aliphatic heterocycles. The summed E-state index contributed by atoms with van der Waals surface area (Å²) in [5.41, 5.74) is 8.62. The molecule has 0 saturated carbocycles. The van der Waals surface area contributed by atoms with Crippen LogP contribution in [0.2, 0.25) is 0 Å². The Balaban J connectivity index is 2.04. The summed E-state index contributed by atoms with van der Waals surface area (Å²) in [6.07, 6.45) is 0. The first kappa shape index (κ1) is 14.5. The highest BCUT2D eigenvalue weighted by atomic mass is 32.2. The van der Waals surface area contributed by atoms with Gasteiger partial charge in [0.2, 0.25) is 10.0 Å². The van der Waals surface area contributed by atoms with Gasteiger partial charge in [0.05, 0.1) is 4.90 Å². The largest absolute Gasteiger partial charge is 0.381 e. The van der Waals surface area contributed by atoms with Gasteiger partial charge in [-0.3, -0.25) is 0 Å². The van der Waals surface area contributed by atoms with E-state index < -0.39 is 10.0 Å². The molecule has 0 atom stereocenters. The summed E-state index contributed by atoms with van der Waals surface area (Å²) in [6, 6.07) is 14.3. The number of hydrogen-bond donors (Lipinski definition) is 3. The van der Waals surface area contributed by atoms with Crippen LogP contribution in [0.3, 0.4) is 0 Å². The number of rotatable bonds is 5. The van der Waals surface area contributed by atoms with Gasteiger partial charge in [0.15, 0.2) is 0 Å². The predicted octanol–water partition coefficient (Wildman–Crippen LogP) is 1.40. The van der Waals surface area contributed by atoms with Crippen LogP contribution in [0.5, 0.6) is 0 Å². The fraction of sp³-hybridized carbons (Fsp3) is 0.143. The van der Waals surface area contributed by atoms with E-state index in [0.717, 1.165) is 16.8 Å². The van der Waals surface area contributed by atoms with Crippen molar-refractivity contribution >= 4 is 15.7 Å². The van der Waals surface area contributed by atoms with E-state index in [1.165, 1.54) is 12.1 Å². The number of hydrogen-bond acceptors (Lipinski definition) is 4. The van der Waals surface area contributed by atoms with Gasteiger partial charge in [0.1, 0.15) is 0 Å². The maximum Gasteiger partial charge on any atom is 0.238 e. The quantitative estimate of drug-likeness (QED) is 0.775. The molecule has 106 valence electrons. The van der Waals surface area contributed by atoms with Gasteiger partial charge in [0, 0.05) is 18.8 Å². The van der Waals surface area contributed by atoms with E-state index in [9.17, 15) is 8.42 Å². The number of benzene rings is 2. The Bertz CT molecular complexity index is 682. The normalized spacial score (nSPS) is 11.3. The molecule has 0 saturated heterocycles. The van der Waals surface area contributed by atoms with Gasteiger partial charge in [0.25, 0.3) is 0 Å². The van der Waals surface area contributed by atoms with E-state index in [1.54, 1.807) is 12.1 Å². The van der Waals surface area contributed by atoms with Gasteiger partial charge >= 0.3 is 0 Å². The molecular weight excluding hydrogens is 274 g/mol. The molecule has 2 aromatic rings. The molecule has 2 aromatic carbocycles. The highest BCUT2D eigenvalue weighted by Crippen LogP contribution is 2.14. The topological polar surface area (TPSA) is 98.2 Å². The maximum atomic E-state index is 11.1. The van der Waals surface area contributed by atoms with E-state index >= 15 is 0 Å². The summed E-state index contributed by atoms with van der Waals surface area (Å²) in [7, 11) is -3.64. The second-order valence-electron chi connectivity index (χ2n) is 4.45. The maximum absolute atomic E-state index is 11.1. The van der Waals surface area contributed by atoms with Gasteiger partial charge in [-0.2, -0.15) is 0 Å². The molecular formula is C14H17N3O2S. The van der Waals surface area contributed by atoms with Crippen molar-refractivity contribution in [3.63, 3.8) is 0 Å². The fourth-order valence-electron chi connectivity index (χ4n) is 1.83. The smallest absolute Gasteiger partial charge is 0.238 e. The van der Waals surface area contributed by atoms with Crippen LogP contribution in [0.4, 0.5) is 5.69 Å². The van der Waals surface area contributed by atoms with Crippen LogP contribution in [-0.4, -0.2) is 8.42 Å². The molecule has 0 amide bonds. The molecule has 2 rings (SSSR count). The summed E-state index contributed by atoms with van der Waals surface area (Å²) in [4.78, 5) is 0.105. The van der Waals surface area contributed by atoms with E-state index in [2.05, 4.69) is 5.32 Å². The lowest BCUT2D eigenvalue weighted by atomic mass is 10.1. The summed E-state index contributed by atoms with van der Waals surface area (Å²) >= 11 is 0. The standard InChI is InChI=1S/C14H17N3O2S/c15-9-11-2-1-3-12(8-11)10-17-13-4-6-14(7-5-13)20(16,18)19/h1-8,17H,9-10,15H2,(H2,16,18,19). The molecule has 0 aliphatic carbocycles. The third kappa shape index (κ3) is 3.80. The first-order valence-electron chi connectivity index (χ1n) is 6.13. The van der Waals surface area contributed by atoms with Crippen molar-refractivity contribution < 1.29 is 8.42 Å². The number of nitrogens with two attached hydrogens (primary N) is 2. The average molecular weight is 291 g/mol. The van der Waals surface area contributed by atoms with Crippen molar-refractivity contribution in [3.8, 4) is 0 Å². The third-order valence-electron chi connectivity index (χ3n) is 2.91. The van der Waals surface area contributed by atoms with E-state index in [1.807, 2.05) is 24.3 Å². The third-order valence-corrected chi connectivity index (χ3v) is 3.84. The first-order valence-corrected chi connectivity index (χ1v) is 7.68. The Kier molecular flexibility index (Phi) is 4.39. The van der Waals surface area contributed by atoms with Crippen LogP contribution >= 0.6 is 0 Å². The van der Waals surface area contributed by atoms with Crippen molar-refractivity contribution in [3.05, 3.63) is 59.7 Å². The summed E-state index contributed by atoms with van der Waals surface area (Å²) in [5, 5.41) is 8.26. The van der Waals surface area contributed by atoms with Crippen LogP contribution in [0.15, 0.2) is 53.4 Å². The molecule has 0 unspecified atom stereocenters. The molecule has 20 heavy (non-hydrogen) atoms. The predicted molar refractivity (Wildman–Crippen MR) is 79.5 cm³/mol. The Morgan fingerprint density at radius 1 is 1.00 bits per heavy atom. The Labute approximate surface area is 118 Å². The van der Waals surface area contributed by atoms with Crippen molar-refractivity contribution in [1.29, 1.82) is 0 Å². The van der Waals surface area contributed by atoms with Crippen LogP contribution < -0.4 is 16.2 Å². The molecule has 5 nitrogen and oxygen atoms in total. The van der Waals surface area contributed by atoms with Crippen molar-refractivity contribution in [2.75, 3.05) is 5.32 Å². The van der Waals surface area contributed by atoms with Crippen LogP contribution in [0.1, 0.15) is 11.1 Å². The lowest BCUT2D eigenvalue weighted by Crippen LogP contribution is -2.12. The zero-order chi connectivity index (χ0) is 14.6. The average Bonchev–Trinajstić information content (AvgIpc) is 2.45. The van der Waals surface area contributed by atoms with Crippen molar-refractivity contribution in [2.45, 2.75) is 18.0 Å². The molecule has 6 heteroatoms. The fourth-order valence-corrected chi connectivity index (χ4v) is 2.35. The van der Waals surface area contributed by atoms with Crippen molar-refractivity contribution in [1.82, 2.24) is 0 Å². The van der Waals surface area contributed by atoms with Crippen LogP contribution in [-0.2, 0) is 23.1 Å². The highest BCUT2D eigenvalue weighted by molar-refractivity contribution is 7.89. The van der Waals surface area contributed by atoms with Gasteiger partial charge in [-0.25, -0.2) is 13.6 Å². The Morgan fingerprint density at radius 2 is 1.65 bits per heavy atom. The Hall–Kier alpha value is -1.89. The molecule has 0 heterocycles. The zero-order valence-corrected chi connectivity index (χ0v) is 11.7. The second-order valence-corrected chi connectivity index (χ2v) is 6.01. The van der Waals surface area contributed by atoms with Crippen molar-refractivity contribution in [2.24, 2.45) is 10.9 Å². The van der Waals surface area contributed by atoms with Gasteiger partial charge in [-0.15, -0.1) is 0 Å². The minimum absolute atomic E-state index is 0.105. The monoisotopic (exact) mass is 291 g/mol.